The van der Waals surface area contributed by atoms with Gasteiger partial charge in [0.2, 0.25) is 0 Å². The summed E-state index contributed by atoms with van der Waals surface area (Å²) < 4.78 is 48.0. The Morgan fingerprint density at radius 3 is 2.41 bits per heavy atom. The molecule has 6 heteroatoms. The van der Waals surface area contributed by atoms with E-state index < -0.39 is 15.9 Å². The van der Waals surface area contributed by atoms with Gasteiger partial charge in [-0.2, -0.15) is 8.42 Å². The molecular weight excluding hydrogens is 307 g/mol. The Balaban J connectivity index is 2.28. The van der Waals surface area contributed by atoms with Gasteiger partial charge in [-0.05, 0) is 56.7 Å². The zero-order valence-corrected chi connectivity index (χ0v) is 13.4. The third-order valence-corrected chi connectivity index (χ3v) is 4.04. The van der Waals surface area contributed by atoms with Crippen molar-refractivity contribution in [2.45, 2.75) is 31.8 Å². The van der Waals surface area contributed by atoms with E-state index in [-0.39, 0.29) is 16.7 Å². The molecule has 0 amide bonds. The minimum Gasteiger partial charge on any atom is -0.491 e. The summed E-state index contributed by atoms with van der Waals surface area (Å²) in [5.41, 5.74) is 0.678. The van der Waals surface area contributed by atoms with E-state index in [1.165, 1.54) is 30.3 Å². The second-order valence-electron chi connectivity index (χ2n) is 5.09. The molecule has 0 radical (unpaired) electrons. The van der Waals surface area contributed by atoms with Crippen LogP contribution < -0.4 is 8.92 Å². The highest BCUT2D eigenvalue weighted by Gasteiger charge is 2.18. The summed E-state index contributed by atoms with van der Waals surface area (Å²) >= 11 is 0. The lowest BCUT2D eigenvalue weighted by Gasteiger charge is -2.13. The molecule has 0 aromatic heterocycles. The number of hydrogen-bond acceptors (Lipinski definition) is 4. The molecule has 0 aliphatic carbocycles. The highest BCUT2D eigenvalue weighted by Crippen LogP contribution is 2.25. The topological polar surface area (TPSA) is 52.6 Å². The molecule has 0 spiro atoms. The maximum Gasteiger partial charge on any atom is 0.339 e. The molecule has 2 aromatic rings. The van der Waals surface area contributed by atoms with Crippen LogP contribution in [0.4, 0.5) is 4.39 Å². The SMILES string of the molecule is Cc1cc(S(=O)(=O)Oc2cccc(F)c2)ccc1OC(C)C. The molecule has 118 valence electrons. The van der Waals surface area contributed by atoms with Gasteiger partial charge < -0.3 is 8.92 Å². The van der Waals surface area contributed by atoms with Gasteiger partial charge in [-0.15, -0.1) is 0 Å². The Labute approximate surface area is 129 Å². The van der Waals surface area contributed by atoms with E-state index in [0.29, 0.717) is 11.3 Å². The Morgan fingerprint density at radius 1 is 1.09 bits per heavy atom. The average Bonchev–Trinajstić information content (AvgIpc) is 2.40. The summed E-state index contributed by atoms with van der Waals surface area (Å²) in [5.74, 6) is -0.0237. The van der Waals surface area contributed by atoms with Crippen molar-refractivity contribution in [1.82, 2.24) is 0 Å². The van der Waals surface area contributed by atoms with E-state index in [9.17, 15) is 12.8 Å². The van der Waals surface area contributed by atoms with Gasteiger partial charge in [0.25, 0.3) is 0 Å². The van der Waals surface area contributed by atoms with Crippen molar-refractivity contribution in [2.24, 2.45) is 0 Å². The fourth-order valence-electron chi connectivity index (χ4n) is 1.86. The predicted molar refractivity (Wildman–Crippen MR) is 81.2 cm³/mol. The van der Waals surface area contributed by atoms with Crippen LogP contribution in [-0.4, -0.2) is 14.5 Å². The van der Waals surface area contributed by atoms with E-state index in [0.717, 1.165) is 6.07 Å². The Bertz CT molecular complexity index is 769. The maximum absolute atomic E-state index is 13.1. The van der Waals surface area contributed by atoms with Crippen LogP contribution >= 0.6 is 0 Å². The minimum atomic E-state index is -4.02. The summed E-state index contributed by atoms with van der Waals surface area (Å²) in [4.78, 5) is -0.00892. The molecule has 0 N–H and O–H groups in total. The number of hydrogen-bond donors (Lipinski definition) is 0. The molecule has 22 heavy (non-hydrogen) atoms. The summed E-state index contributed by atoms with van der Waals surface area (Å²) in [5, 5.41) is 0. The van der Waals surface area contributed by atoms with E-state index in [4.69, 9.17) is 8.92 Å². The van der Waals surface area contributed by atoms with Crippen molar-refractivity contribution in [3.8, 4) is 11.5 Å². The highest BCUT2D eigenvalue weighted by molar-refractivity contribution is 7.87. The fourth-order valence-corrected chi connectivity index (χ4v) is 2.87. The van der Waals surface area contributed by atoms with E-state index >= 15 is 0 Å². The molecule has 0 aliphatic heterocycles. The third-order valence-electron chi connectivity index (χ3n) is 2.80. The lowest BCUT2D eigenvalue weighted by atomic mass is 10.2. The monoisotopic (exact) mass is 324 g/mol. The lowest BCUT2D eigenvalue weighted by Crippen LogP contribution is -2.11. The van der Waals surface area contributed by atoms with Crippen LogP contribution in [0.2, 0.25) is 0 Å². The van der Waals surface area contributed by atoms with E-state index in [1.54, 1.807) is 13.0 Å². The van der Waals surface area contributed by atoms with Crippen molar-refractivity contribution in [3.63, 3.8) is 0 Å². The zero-order valence-electron chi connectivity index (χ0n) is 12.5. The molecule has 0 atom stereocenters. The zero-order chi connectivity index (χ0) is 16.3. The lowest BCUT2D eigenvalue weighted by molar-refractivity contribution is 0.240. The van der Waals surface area contributed by atoms with Crippen molar-refractivity contribution in [3.05, 3.63) is 53.8 Å². The van der Waals surface area contributed by atoms with Crippen LogP contribution in [0.25, 0.3) is 0 Å². The first-order chi connectivity index (χ1) is 10.3. The number of ether oxygens (including phenoxy) is 1. The predicted octanol–water partition coefficient (Wildman–Crippen LogP) is 3.69. The van der Waals surface area contributed by atoms with Gasteiger partial charge in [-0.25, -0.2) is 4.39 Å². The number of aryl methyl sites for hydroxylation is 1. The molecule has 2 aromatic carbocycles. The van der Waals surface area contributed by atoms with Gasteiger partial charge in [0.15, 0.2) is 0 Å². The second kappa shape index (κ2) is 6.36. The Hall–Kier alpha value is -2.08. The van der Waals surface area contributed by atoms with Crippen LogP contribution in [0.1, 0.15) is 19.4 Å². The van der Waals surface area contributed by atoms with Crippen molar-refractivity contribution in [1.29, 1.82) is 0 Å². The van der Waals surface area contributed by atoms with Gasteiger partial charge in [0, 0.05) is 6.07 Å². The average molecular weight is 324 g/mol. The summed E-state index contributed by atoms with van der Waals surface area (Å²) in [6, 6.07) is 9.43. The Kier molecular flexibility index (Phi) is 4.71. The molecule has 0 unspecified atom stereocenters. The van der Waals surface area contributed by atoms with Crippen LogP contribution in [-0.2, 0) is 10.1 Å². The van der Waals surface area contributed by atoms with Gasteiger partial charge in [-0.3, -0.25) is 0 Å². The largest absolute Gasteiger partial charge is 0.491 e. The second-order valence-corrected chi connectivity index (χ2v) is 6.64. The third kappa shape index (κ3) is 3.98. The summed E-state index contributed by atoms with van der Waals surface area (Å²) in [6.45, 7) is 5.52. The first kappa shape index (κ1) is 16.3. The summed E-state index contributed by atoms with van der Waals surface area (Å²) in [6.07, 6.45) is -0.00954. The van der Waals surface area contributed by atoms with Gasteiger partial charge >= 0.3 is 10.1 Å². The molecule has 0 saturated heterocycles. The fraction of sp³-hybridized carbons (Fsp3) is 0.250. The number of halogens is 1. The Morgan fingerprint density at radius 2 is 1.82 bits per heavy atom. The van der Waals surface area contributed by atoms with Gasteiger partial charge in [0.1, 0.15) is 22.2 Å². The van der Waals surface area contributed by atoms with Crippen LogP contribution in [0, 0.1) is 12.7 Å². The van der Waals surface area contributed by atoms with E-state index in [2.05, 4.69) is 0 Å². The molecular formula is C16H17FO4S. The molecule has 0 heterocycles. The van der Waals surface area contributed by atoms with Gasteiger partial charge in [-0.1, -0.05) is 6.07 Å². The number of rotatable bonds is 5. The molecule has 2 rings (SSSR count). The molecule has 4 nitrogen and oxygen atoms in total. The van der Waals surface area contributed by atoms with Crippen molar-refractivity contribution < 1.29 is 21.7 Å². The maximum atomic E-state index is 13.1. The summed E-state index contributed by atoms with van der Waals surface area (Å²) in [7, 11) is -4.02. The standard InChI is InChI=1S/C16H17FO4S/c1-11(2)20-16-8-7-15(9-12(16)3)22(18,19)21-14-6-4-5-13(17)10-14/h4-11H,1-3H3. The van der Waals surface area contributed by atoms with Crippen LogP contribution in [0.3, 0.4) is 0 Å². The van der Waals surface area contributed by atoms with Gasteiger partial charge in [0.05, 0.1) is 6.10 Å². The minimum absolute atomic E-state index is 0.00892. The smallest absolute Gasteiger partial charge is 0.339 e. The van der Waals surface area contributed by atoms with Crippen LogP contribution in [0.15, 0.2) is 47.4 Å². The van der Waals surface area contributed by atoms with Crippen LogP contribution in [0.5, 0.6) is 11.5 Å². The van der Waals surface area contributed by atoms with E-state index in [1.807, 2.05) is 13.8 Å². The van der Waals surface area contributed by atoms with Crippen molar-refractivity contribution in [2.75, 3.05) is 0 Å². The molecule has 0 aliphatic rings. The first-order valence-electron chi connectivity index (χ1n) is 6.75. The molecule has 0 fully saturated rings. The van der Waals surface area contributed by atoms with Crippen molar-refractivity contribution >= 4 is 10.1 Å². The normalized spacial score (nSPS) is 11.5. The molecule has 0 bridgehead atoms. The molecule has 0 saturated carbocycles. The first-order valence-corrected chi connectivity index (χ1v) is 8.16. The number of benzene rings is 2. The highest BCUT2D eigenvalue weighted by atomic mass is 32.2. The quantitative estimate of drug-likeness (QED) is 0.787.